The van der Waals surface area contributed by atoms with E-state index >= 15 is 0 Å². The average molecular weight is 265 g/mol. The van der Waals surface area contributed by atoms with Crippen LogP contribution in [-0.2, 0) is 20.9 Å². The number of amides is 3. The molecule has 0 aromatic carbocycles. The van der Waals surface area contributed by atoms with Crippen molar-refractivity contribution in [2.75, 3.05) is 13.1 Å². The molecule has 1 aliphatic heterocycles. The molecule has 1 aliphatic rings. The summed E-state index contributed by atoms with van der Waals surface area (Å²) < 4.78 is 1.25. The Balaban J connectivity index is 2.19. The molecular formula is C11H11N3O5. The van der Waals surface area contributed by atoms with Crippen LogP contribution in [0.15, 0.2) is 18.3 Å². The number of hydrogen-bond acceptors (Lipinski definition) is 4. The van der Waals surface area contributed by atoms with Gasteiger partial charge in [-0.3, -0.25) is 24.5 Å². The second-order valence-corrected chi connectivity index (χ2v) is 4.05. The Labute approximate surface area is 107 Å². The Bertz CT molecular complexity index is 546. The number of carboxylic acid groups (broad SMARTS) is 1. The summed E-state index contributed by atoms with van der Waals surface area (Å²) in [4.78, 5) is 46.3. The van der Waals surface area contributed by atoms with Gasteiger partial charge in [0.25, 0.3) is 5.91 Å². The van der Waals surface area contributed by atoms with Crippen LogP contribution in [0.1, 0.15) is 10.5 Å². The van der Waals surface area contributed by atoms with Gasteiger partial charge in [0.1, 0.15) is 25.3 Å². The van der Waals surface area contributed by atoms with Crippen LogP contribution in [0.4, 0.5) is 0 Å². The van der Waals surface area contributed by atoms with Crippen LogP contribution in [0.3, 0.4) is 0 Å². The highest BCUT2D eigenvalue weighted by atomic mass is 16.4. The fourth-order valence-corrected chi connectivity index (χ4v) is 1.83. The first kappa shape index (κ1) is 12.8. The largest absolute Gasteiger partial charge is 0.480 e. The number of piperazine rings is 1. The Morgan fingerprint density at radius 2 is 1.89 bits per heavy atom. The molecule has 8 heteroatoms. The van der Waals surface area contributed by atoms with Gasteiger partial charge in [-0.1, -0.05) is 0 Å². The summed E-state index contributed by atoms with van der Waals surface area (Å²) in [5.41, 5.74) is 0.130. The minimum absolute atomic E-state index is 0.130. The van der Waals surface area contributed by atoms with Gasteiger partial charge in [0.2, 0.25) is 11.8 Å². The van der Waals surface area contributed by atoms with Crippen LogP contribution in [0.25, 0.3) is 0 Å². The lowest BCUT2D eigenvalue weighted by atomic mass is 10.3. The zero-order valence-corrected chi connectivity index (χ0v) is 9.83. The van der Waals surface area contributed by atoms with Crippen LogP contribution in [0, 0.1) is 0 Å². The number of aliphatic carboxylic acids is 1. The lowest BCUT2D eigenvalue weighted by molar-refractivity contribution is -0.138. The van der Waals surface area contributed by atoms with Gasteiger partial charge < -0.3 is 14.6 Å². The number of carbonyl (C=O) groups is 4. The molecule has 0 aliphatic carbocycles. The molecule has 100 valence electrons. The number of rotatable bonds is 3. The monoisotopic (exact) mass is 265 g/mol. The van der Waals surface area contributed by atoms with E-state index in [1.54, 1.807) is 0 Å². The molecule has 0 atom stereocenters. The Morgan fingerprint density at radius 1 is 1.26 bits per heavy atom. The Hall–Kier alpha value is -2.64. The van der Waals surface area contributed by atoms with Gasteiger partial charge in [-0.05, 0) is 12.1 Å². The van der Waals surface area contributed by atoms with E-state index in [2.05, 4.69) is 5.32 Å². The summed E-state index contributed by atoms with van der Waals surface area (Å²) in [5.74, 6) is -2.74. The second kappa shape index (κ2) is 4.92. The predicted molar refractivity (Wildman–Crippen MR) is 61.1 cm³/mol. The van der Waals surface area contributed by atoms with E-state index in [1.807, 2.05) is 0 Å². The molecule has 2 heterocycles. The van der Waals surface area contributed by atoms with Gasteiger partial charge >= 0.3 is 5.97 Å². The minimum atomic E-state index is -1.09. The van der Waals surface area contributed by atoms with Crippen molar-refractivity contribution in [2.45, 2.75) is 6.54 Å². The minimum Gasteiger partial charge on any atom is -0.480 e. The number of hydrogen-bond donors (Lipinski definition) is 2. The van der Waals surface area contributed by atoms with Crippen molar-refractivity contribution < 1.29 is 24.3 Å². The fraction of sp³-hybridized carbons (Fsp3) is 0.273. The van der Waals surface area contributed by atoms with Crippen molar-refractivity contribution >= 4 is 23.7 Å². The SMILES string of the molecule is O=C(O)Cn1cccc1C(=O)N1CC(=O)NC(=O)C1. The van der Waals surface area contributed by atoms with E-state index in [1.165, 1.54) is 22.9 Å². The first-order chi connectivity index (χ1) is 8.97. The van der Waals surface area contributed by atoms with Crippen molar-refractivity contribution in [1.29, 1.82) is 0 Å². The van der Waals surface area contributed by atoms with E-state index in [9.17, 15) is 19.2 Å². The third-order valence-corrected chi connectivity index (χ3v) is 2.59. The van der Waals surface area contributed by atoms with Crippen molar-refractivity contribution in [1.82, 2.24) is 14.8 Å². The van der Waals surface area contributed by atoms with Crippen molar-refractivity contribution in [2.24, 2.45) is 0 Å². The van der Waals surface area contributed by atoms with Crippen LogP contribution in [-0.4, -0.2) is 51.4 Å². The molecule has 0 bridgehead atoms. The summed E-state index contributed by atoms with van der Waals surface area (Å²) in [6.45, 7) is -0.798. The highest BCUT2D eigenvalue weighted by molar-refractivity contribution is 6.05. The van der Waals surface area contributed by atoms with Gasteiger partial charge in [0, 0.05) is 6.20 Å². The van der Waals surface area contributed by atoms with Crippen LogP contribution in [0.2, 0.25) is 0 Å². The molecule has 2 N–H and O–H groups in total. The summed E-state index contributed by atoms with van der Waals surface area (Å²) in [6.07, 6.45) is 1.45. The quantitative estimate of drug-likeness (QED) is 0.658. The second-order valence-electron chi connectivity index (χ2n) is 4.05. The first-order valence-corrected chi connectivity index (χ1v) is 5.46. The molecule has 0 radical (unpaired) electrons. The molecule has 1 aromatic rings. The Kier molecular flexibility index (Phi) is 3.32. The highest BCUT2D eigenvalue weighted by Crippen LogP contribution is 2.08. The lowest BCUT2D eigenvalue weighted by Crippen LogP contribution is -2.53. The van der Waals surface area contributed by atoms with Crippen molar-refractivity contribution in [3.05, 3.63) is 24.0 Å². The molecule has 0 unspecified atom stereocenters. The summed E-state index contributed by atoms with van der Waals surface area (Å²) in [7, 11) is 0. The third-order valence-electron chi connectivity index (χ3n) is 2.59. The smallest absolute Gasteiger partial charge is 0.323 e. The molecule has 3 amide bonds. The summed E-state index contributed by atoms with van der Waals surface area (Å²) >= 11 is 0. The number of nitrogens with one attached hydrogen (secondary N) is 1. The maximum absolute atomic E-state index is 12.1. The molecule has 0 saturated carbocycles. The van der Waals surface area contributed by atoms with E-state index < -0.39 is 23.7 Å². The molecule has 1 aromatic heterocycles. The number of imide groups is 1. The van der Waals surface area contributed by atoms with E-state index in [0.717, 1.165) is 4.90 Å². The average Bonchev–Trinajstić information content (AvgIpc) is 2.73. The lowest BCUT2D eigenvalue weighted by Gasteiger charge is -2.25. The first-order valence-electron chi connectivity index (χ1n) is 5.46. The fourth-order valence-electron chi connectivity index (χ4n) is 1.83. The van der Waals surface area contributed by atoms with Crippen LogP contribution >= 0.6 is 0 Å². The van der Waals surface area contributed by atoms with Gasteiger partial charge in [0.15, 0.2) is 0 Å². The molecule has 19 heavy (non-hydrogen) atoms. The van der Waals surface area contributed by atoms with E-state index in [0.29, 0.717) is 0 Å². The van der Waals surface area contributed by atoms with E-state index in [4.69, 9.17) is 5.11 Å². The normalized spacial score (nSPS) is 15.3. The Morgan fingerprint density at radius 3 is 2.47 bits per heavy atom. The molecular weight excluding hydrogens is 254 g/mol. The molecule has 2 rings (SSSR count). The van der Waals surface area contributed by atoms with Gasteiger partial charge in [-0.15, -0.1) is 0 Å². The topological polar surface area (TPSA) is 109 Å². The maximum atomic E-state index is 12.1. The van der Waals surface area contributed by atoms with Gasteiger partial charge in [0.05, 0.1) is 0 Å². The summed E-state index contributed by atoms with van der Waals surface area (Å²) in [6, 6.07) is 2.98. The molecule has 8 nitrogen and oxygen atoms in total. The summed E-state index contributed by atoms with van der Waals surface area (Å²) in [5, 5.41) is 10.8. The highest BCUT2D eigenvalue weighted by Gasteiger charge is 2.28. The number of carbonyl (C=O) groups excluding carboxylic acids is 3. The third kappa shape index (κ3) is 2.79. The standard InChI is InChI=1S/C11H11N3O5/c15-8-4-14(5-9(16)12-8)11(19)7-2-1-3-13(7)6-10(17)18/h1-3H,4-6H2,(H,17,18)(H,12,15,16). The van der Waals surface area contributed by atoms with Crippen LogP contribution in [0.5, 0.6) is 0 Å². The van der Waals surface area contributed by atoms with E-state index in [-0.39, 0.29) is 25.3 Å². The zero-order valence-electron chi connectivity index (χ0n) is 9.83. The molecule has 1 fully saturated rings. The molecule has 1 saturated heterocycles. The van der Waals surface area contributed by atoms with Gasteiger partial charge in [-0.2, -0.15) is 0 Å². The zero-order chi connectivity index (χ0) is 14.0. The number of carboxylic acids is 1. The van der Waals surface area contributed by atoms with Crippen molar-refractivity contribution in [3.63, 3.8) is 0 Å². The van der Waals surface area contributed by atoms with Gasteiger partial charge in [-0.25, -0.2) is 0 Å². The van der Waals surface area contributed by atoms with Crippen LogP contribution < -0.4 is 5.32 Å². The van der Waals surface area contributed by atoms with Crippen molar-refractivity contribution in [3.8, 4) is 0 Å². The molecule has 0 spiro atoms. The number of aromatic nitrogens is 1. The maximum Gasteiger partial charge on any atom is 0.323 e. The number of nitrogens with zero attached hydrogens (tertiary/aromatic N) is 2. The predicted octanol–water partition coefficient (Wildman–Crippen LogP) is -1.33.